The van der Waals surface area contributed by atoms with Gasteiger partial charge >= 0.3 is 5.69 Å². The second kappa shape index (κ2) is 9.09. The molecule has 2 aromatic carbocycles. The molecule has 2 N–H and O–H groups in total. The Balaban J connectivity index is 1.56. The van der Waals surface area contributed by atoms with Crippen LogP contribution in [0.25, 0.3) is 11.0 Å². The van der Waals surface area contributed by atoms with Gasteiger partial charge in [0.05, 0.1) is 17.6 Å². The summed E-state index contributed by atoms with van der Waals surface area (Å²) >= 11 is 3.41. The predicted octanol–water partition coefficient (Wildman–Crippen LogP) is 3.04. The SMILES string of the molecule is CCn1c(=O)n(CCC(=O)NCC(=O)Nc2ccc(Br)c(C)c2)c2ccccc21. The van der Waals surface area contributed by atoms with E-state index < -0.39 is 0 Å². The summed E-state index contributed by atoms with van der Waals surface area (Å²) in [5.41, 5.74) is 3.19. The second-order valence-corrected chi connectivity index (χ2v) is 7.56. The van der Waals surface area contributed by atoms with Crippen molar-refractivity contribution >= 4 is 44.5 Å². The van der Waals surface area contributed by atoms with E-state index in [0.29, 0.717) is 12.2 Å². The number of carbonyl (C=O) groups excluding carboxylic acids is 2. The Morgan fingerprint density at radius 1 is 1.03 bits per heavy atom. The number of para-hydroxylation sites is 2. The molecule has 7 nitrogen and oxygen atoms in total. The fourth-order valence-electron chi connectivity index (χ4n) is 3.20. The van der Waals surface area contributed by atoms with E-state index >= 15 is 0 Å². The zero-order valence-electron chi connectivity index (χ0n) is 16.4. The number of nitrogens with one attached hydrogen (secondary N) is 2. The Kier molecular flexibility index (Phi) is 6.53. The van der Waals surface area contributed by atoms with Gasteiger partial charge in [0, 0.05) is 29.7 Å². The Morgan fingerprint density at radius 2 is 1.72 bits per heavy atom. The maximum absolute atomic E-state index is 12.6. The van der Waals surface area contributed by atoms with E-state index in [1.165, 1.54) is 0 Å². The summed E-state index contributed by atoms with van der Waals surface area (Å²) in [6, 6.07) is 13.0. The molecule has 29 heavy (non-hydrogen) atoms. The van der Waals surface area contributed by atoms with Crippen LogP contribution in [0.5, 0.6) is 0 Å². The van der Waals surface area contributed by atoms with Crippen LogP contribution >= 0.6 is 15.9 Å². The molecule has 0 fully saturated rings. The van der Waals surface area contributed by atoms with E-state index in [0.717, 1.165) is 21.1 Å². The number of amides is 2. The van der Waals surface area contributed by atoms with Crippen LogP contribution in [0.15, 0.2) is 51.7 Å². The Hall–Kier alpha value is -2.87. The topological polar surface area (TPSA) is 85.1 Å². The highest BCUT2D eigenvalue weighted by atomic mass is 79.9. The Morgan fingerprint density at radius 3 is 2.38 bits per heavy atom. The molecule has 8 heteroatoms. The summed E-state index contributed by atoms with van der Waals surface area (Å²) in [5.74, 6) is -0.591. The molecule has 0 aliphatic carbocycles. The van der Waals surface area contributed by atoms with E-state index in [2.05, 4.69) is 26.6 Å². The summed E-state index contributed by atoms with van der Waals surface area (Å²) in [7, 11) is 0. The molecular weight excluding hydrogens is 436 g/mol. The van der Waals surface area contributed by atoms with Gasteiger partial charge < -0.3 is 10.6 Å². The monoisotopic (exact) mass is 458 g/mol. The number of fused-ring (bicyclic) bond motifs is 1. The predicted molar refractivity (Wildman–Crippen MR) is 117 cm³/mol. The number of aromatic nitrogens is 2. The third kappa shape index (κ3) is 4.76. The Labute approximate surface area is 176 Å². The van der Waals surface area contributed by atoms with Crippen molar-refractivity contribution in [2.75, 3.05) is 11.9 Å². The summed E-state index contributed by atoms with van der Waals surface area (Å²) in [6.45, 7) is 4.54. The van der Waals surface area contributed by atoms with Gasteiger partial charge in [-0.1, -0.05) is 28.1 Å². The second-order valence-electron chi connectivity index (χ2n) is 6.71. The molecule has 3 aromatic rings. The van der Waals surface area contributed by atoms with Crippen molar-refractivity contribution in [3.05, 3.63) is 63.0 Å². The van der Waals surface area contributed by atoms with Gasteiger partial charge in [-0.2, -0.15) is 0 Å². The van der Waals surface area contributed by atoms with Crippen molar-refractivity contribution in [1.29, 1.82) is 0 Å². The minimum absolute atomic E-state index is 0.113. The average molecular weight is 459 g/mol. The average Bonchev–Trinajstić information content (AvgIpc) is 2.98. The van der Waals surface area contributed by atoms with Crippen molar-refractivity contribution in [2.24, 2.45) is 0 Å². The van der Waals surface area contributed by atoms with Gasteiger partial charge in [-0.15, -0.1) is 0 Å². The standard InChI is InChI=1S/C21H23BrN4O3/c1-3-25-17-6-4-5-7-18(17)26(21(25)29)11-10-19(27)23-13-20(28)24-15-8-9-16(22)14(2)12-15/h4-9,12H,3,10-11,13H2,1-2H3,(H,23,27)(H,24,28). The fourth-order valence-corrected chi connectivity index (χ4v) is 3.45. The van der Waals surface area contributed by atoms with Gasteiger partial charge in [0.2, 0.25) is 11.8 Å². The lowest BCUT2D eigenvalue weighted by atomic mass is 10.2. The molecule has 0 aliphatic heterocycles. The highest BCUT2D eigenvalue weighted by Gasteiger charge is 2.13. The van der Waals surface area contributed by atoms with E-state index in [9.17, 15) is 14.4 Å². The smallest absolute Gasteiger partial charge is 0.329 e. The first-order valence-electron chi connectivity index (χ1n) is 9.41. The molecule has 0 radical (unpaired) electrons. The third-order valence-corrected chi connectivity index (χ3v) is 5.58. The van der Waals surface area contributed by atoms with Crippen molar-refractivity contribution in [1.82, 2.24) is 14.5 Å². The molecule has 0 saturated heterocycles. The van der Waals surface area contributed by atoms with Gasteiger partial charge in [0.15, 0.2) is 0 Å². The van der Waals surface area contributed by atoms with Gasteiger partial charge in [-0.05, 0) is 49.7 Å². The van der Waals surface area contributed by atoms with Crippen LogP contribution in [-0.2, 0) is 22.7 Å². The van der Waals surface area contributed by atoms with Crippen molar-refractivity contribution in [2.45, 2.75) is 33.4 Å². The normalized spacial score (nSPS) is 10.9. The van der Waals surface area contributed by atoms with E-state index in [-0.39, 0.29) is 37.0 Å². The van der Waals surface area contributed by atoms with Crippen LogP contribution in [0.3, 0.4) is 0 Å². The molecule has 1 heterocycles. The number of aryl methyl sites for hydroxylation is 3. The highest BCUT2D eigenvalue weighted by molar-refractivity contribution is 9.10. The lowest BCUT2D eigenvalue weighted by Crippen LogP contribution is -2.34. The number of carbonyl (C=O) groups is 2. The quantitative estimate of drug-likeness (QED) is 0.570. The molecule has 2 amide bonds. The van der Waals surface area contributed by atoms with Crippen molar-refractivity contribution in [3.63, 3.8) is 0 Å². The van der Waals surface area contributed by atoms with Crippen LogP contribution in [0.1, 0.15) is 18.9 Å². The first-order chi connectivity index (χ1) is 13.9. The number of benzene rings is 2. The zero-order chi connectivity index (χ0) is 21.0. The van der Waals surface area contributed by atoms with Gasteiger partial charge in [-0.3, -0.25) is 18.7 Å². The van der Waals surface area contributed by atoms with Crippen molar-refractivity contribution in [3.8, 4) is 0 Å². The number of hydrogen-bond donors (Lipinski definition) is 2. The maximum atomic E-state index is 12.6. The van der Waals surface area contributed by atoms with Crippen molar-refractivity contribution < 1.29 is 9.59 Å². The van der Waals surface area contributed by atoms with Gasteiger partial charge in [0.25, 0.3) is 0 Å². The summed E-state index contributed by atoms with van der Waals surface area (Å²) in [6.07, 6.45) is 0.113. The molecule has 152 valence electrons. The number of anilines is 1. The summed E-state index contributed by atoms with van der Waals surface area (Å²) < 4.78 is 4.24. The highest BCUT2D eigenvalue weighted by Crippen LogP contribution is 2.19. The summed E-state index contributed by atoms with van der Waals surface area (Å²) in [4.78, 5) is 36.8. The first kappa shape index (κ1) is 20.9. The lowest BCUT2D eigenvalue weighted by Gasteiger charge is -2.09. The van der Waals surface area contributed by atoms with Crippen LogP contribution in [0.4, 0.5) is 5.69 Å². The van der Waals surface area contributed by atoms with Gasteiger partial charge in [0.1, 0.15) is 0 Å². The number of halogens is 1. The summed E-state index contributed by atoms with van der Waals surface area (Å²) in [5, 5.41) is 5.36. The third-order valence-electron chi connectivity index (χ3n) is 4.69. The molecule has 0 aliphatic rings. The Bertz CT molecular complexity index is 1120. The number of rotatable bonds is 7. The molecule has 0 atom stereocenters. The molecule has 0 spiro atoms. The lowest BCUT2D eigenvalue weighted by molar-refractivity contribution is -0.124. The maximum Gasteiger partial charge on any atom is 0.329 e. The molecular formula is C21H23BrN4O3. The number of imidazole rings is 1. The molecule has 3 rings (SSSR count). The van der Waals surface area contributed by atoms with Gasteiger partial charge in [-0.25, -0.2) is 4.79 Å². The minimum atomic E-state index is -0.306. The molecule has 1 aromatic heterocycles. The number of nitrogens with zero attached hydrogens (tertiary/aromatic N) is 2. The minimum Gasteiger partial charge on any atom is -0.347 e. The zero-order valence-corrected chi connectivity index (χ0v) is 18.0. The molecule has 0 unspecified atom stereocenters. The van der Waals surface area contributed by atoms with Crippen LogP contribution in [0.2, 0.25) is 0 Å². The van der Waals surface area contributed by atoms with Crippen LogP contribution in [0, 0.1) is 6.92 Å². The van der Waals surface area contributed by atoms with Crippen LogP contribution in [-0.4, -0.2) is 27.5 Å². The first-order valence-corrected chi connectivity index (χ1v) is 10.2. The van der Waals surface area contributed by atoms with E-state index in [1.54, 1.807) is 15.2 Å². The van der Waals surface area contributed by atoms with E-state index in [1.807, 2.05) is 50.2 Å². The fraction of sp³-hybridized carbons (Fsp3) is 0.286. The molecule has 0 bridgehead atoms. The molecule has 0 saturated carbocycles. The van der Waals surface area contributed by atoms with E-state index in [4.69, 9.17) is 0 Å². The number of hydrogen-bond acceptors (Lipinski definition) is 3. The largest absolute Gasteiger partial charge is 0.347 e. The van der Waals surface area contributed by atoms with Crippen LogP contribution < -0.4 is 16.3 Å².